The molecule has 11 rings (SSSR count). The third-order valence-electron chi connectivity index (χ3n) is 13.4. The molecule has 2 aliphatic heterocycles. The summed E-state index contributed by atoms with van der Waals surface area (Å²) >= 11 is 1.85. The number of hydrogen-bond acceptors (Lipinski definition) is 3. The highest BCUT2D eigenvalue weighted by molar-refractivity contribution is 7.99. The molecule has 3 heteroatoms. The van der Waals surface area contributed by atoms with Crippen LogP contribution in [0.3, 0.4) is 0 Å². The Morgan fingerprint density at radius 1 is 0.632 bits per heavy atom. The predicted molar refractivity (Wildman–Crippen MR) is 241 cm³/mol. The highest BCUT2D eigenvalue weighted by Gasteiger charge is 2.44. The molecule has 0 aromatic heterocycles. The summed E-state index contributed by atoms with van der Waals surface area (Å²) in [6.45, 7) is 15.3. The van der Waals surface area contributed by atoms with Crippen LogP contribution in [0.15, 0.2) is 179 Å². The molecule has 0 radical (unpaired) electrons. The van der Waals surface area contributed by atoms with Crippen molar-refractivity contribution in [3.8, 4) is 11.1 Å². The van der Waals surface area contributed by atoms with Gasteiger partial charge in [-0.3, -0.25) is 0 Å². The van der Waals surface area contributed by atoms with Crippen molar-refractivity contribution in [1.29, 1.82) is 0 Å². The Bertz CT molecular complexity index is 2750. The second-order valence-electron chi connectivity index (χ2n) is 17.4. The lowest BCUT2D eigenvalue weighted by Gasteiger charge is -2.33. The average molecular weight is 755 g/mol. The van der Waals surface area contributed by atoms with Crippen LogP contribution < -0.4 is 9.80 Å². The minimum atomic E-state index is -0.144. The second-order valence-corrected chi connectivity index (χ2v) is 18.5. The topological polar surface area (TPSA) is 6.48 Å². The first-order valence-electron chi connectivity index (χ1n) is 20.4. The highest BCUT2D eigenvalue weighted by Crippen LogP contribution is 2.58. The molecule has 0 bridgehead atoms. The number of fused-ring (bicyclic) bond motifs is 9. The van der Waals surface area contributed by atoms with Crippen molar-refractivity contribution in [2.75, 3.05) is 16.3 Å². The summed E-state index contributed by atoms with van der Waals surface area (Å²) in [7, 11) is 0. The number of nitrogens with zero attached hydrogens (tertiary/aromatic N) is 2. The Balaban J connectivity index is 0.887. The molecule has 1 unspecified atom stereocenters. The lowest BCUT2D eigenvalue weighted by atomic mass is 9.76. The highest BCUT2D eigenvalue weighted by atomic mass is 32.2. The predicted octanol–water partition coefficient (Wildman–Crippen LogP) is 14.5. The van der Waals surface area contributed by atoms with Crippen molar-refractivity contribution in [2.24, 2.45) is 0 Å². The molecule has 3 aliphatic carbocycles. The van der Waals surface area contributed by atoms with Crippen LogP contribution >= 0.6 is 11.8 Å². The maximum atomic E-state index is 4.67. The van der Waals surface area contributed by atoms with Crippen molar-refractivity contribution < 1.29 is 0 Å². The van der Waals surface area contributed by atoms with E-state index in [1.54, 1.807) is 0 Å². The molecule has 6 aromatic carbocycles. The molecule has 0 fully saturated rings. The van der Waals surface area contributed by atoms with Crippen LogP contribution in [0.2, 0.25) is 0 Å². The molecule has 6 aromatic rings. The Morgan fingerprint density at radius 2 is 1.28 bits per heavy atom. The number of anilines is 5. The molecule has 1 atom stereocenters. The van der Waals surface area contributed by atoms with E-state index in [1.807, 2.05) is 11.8 Å². The largest absolute Gasteiger partial charge is 0.341 e. The molecule has 5 aliphatic rings. The van der Waals surface area contributed by atoms with Crippen LogP contribution in [0.4, 0.5) is 28.4 Å². The number of aryl methyl sites for hydroxylation is 1. The van der Waals surface area contributed by atoms with Gasteiger partial charge in [-0.2, -0.15) is 0 Å². The lowest BCUT2D eigenvalue weighted by Crippen LogP contribution is -2.25. The maximum Gasteiger partial charge on any atom is 0.0601 e. The summed E-state index contributed by atoms with van der Waals surface area (Å²) in [5, 5.41) is 0. The summed E-state index contributed by atoms with van der Waals surface area (Å²) in [5.41, 5.74) is 20.9. The van der Waals surface area contributed by atoms with Crippen molar-refractivity contribution in [2.45, 2.75) is 67.1 Å². The van der Waals surface area contributed by atoms with Crippen LogP contribution in [0.25, 0.3) is 17.2 Å². The minimum absolute atomic E-state index is 0.0941. The van der Waals surface area contributed by atoms with E-state index < -0.39 is 0 Å². The third-order valence-corrected chi connectivity index (χ3v) is 14.5. The first-order valence-corrected chi connectivity index (χ1v) is 21.2. The van der Waals surface area contributed by atoms with Gasteiger partial charge in [0.2, 0.25) is 0 Å². The van der Waals surface area contributed by atoms with Crippen LogP contribution in [0, 0.1) is 0 Å². The van der Waals surface area contributed by atoms with E-state index in [0.717, 1.165) is 18.5 Å². The number of hydrogen-bond donors (Lipinski definition) is 0. The van der Waals surface area contributed by atoms with Gasteiger partial charge >= 0.3 is 0 Å². The second kappa shape index (κ2) is 12.6. The monoisotopic (exact) mass is 754 g/mol. The fourth-order valence-electron chi connectivity index (χ4n) is 10.4. The molecule has 2 heterocycles. The molecule has 0 spiro atoms. The van der Waals surface area contributed by atoms with Gasteiger partial charge in [-0.1, -0.05) is 143 Å². The Morgan fingerprint density at radius 3 is 2.05 bits per heavy atom. The fraction of sp³-hybridized carbons (Fsp3) is 0.185. The number of rotatable bonds is 4. The zero-order valence-corrected chi connectivity index (χ0v) is 34.0. The zero-order valence-electron chi connectivity index (χ0n) is 33.1. The smallest absolute Gasteiger partial charge is 0.0601 e. The van der Waals surface area contributed by atoms with Gasteiger partial charge in [-0.25, -0.2) is 0 Å². The van der Waals surface area contributed by atoms with Crippen molar-refractivity contribution in [1.82, 2.24) is 0 Å². The first kappa shape index (κ1) is 34.5. The van der Waals surface area contributed by atoms with Gasteiger partial charge < -0.3 is 9.80 Å². The molecule has 0 N–H and O–H groups in total. The fourth-order valence-corrected chi connectivity index (χ4v) is 11.5. The number of allylic oxidation sites excluding steroid dienone is 6. The first-order chi connectivity index (χ1) is 27.7. The Hall–Kier alpha value is -5.77. The van der Waals surface area contributed by atoms with Crippen LogP contribution in [-0.4, -0.2) is 6.54 Å². The van der Waals surface area contributed by atoms with E-state index in [0.29, 0.717) is 0 Å². The molecule has 278 valence electrons. The van der Waals surface area contributed by atoms with Gasteiger partial charge in [0.1, 0.15) is 0 Å². The van der Waals surface area contributed by atoms with Gasteiger partial charge in [0.25, 0.3) is 0 Å². The number of para-hydroxylation sites is 3. The number of benzene rings is 6. The average Bonchev–Trinajstić information content (AvgIpc) is 3.60. The van der Waals surface area contributed by atoms with E-state index in [2.05, 4.69) is 196 Å². The standard InChI is InChI=1S/C54H46N2S/c1-34-29-36(21-20-35-22-25-40-41-26-23-38(32-44(41)53(2,3)43(40)30-35)55-28-12-14-37-13-6-7-15-47(37)55)31-46-52(34)42-27-24-39(33-45(42)54(46,4)5)56-48-16-8-10-18-50(48)57-51-19-11-9-17-49(51)56/h6-11,13,15-27,29-33,52H,1,12,14,28H2,2-5H3/b21-20+. The van der Waals surface area contributed by atoms with E-state index in [1.165, 1.54) is 100 Å². The van der Waals surface area contributed by atoms with Crippen LogP contribution in [0.5, 0.6) is 0 Å². The Labute approximate surface area is 341 Å². The van der Waals surface area contributed by atoms with E-state index in [9.17, 15) is 0 Å². The summed E-state index contributed by atoms with van der Waals surface area (Å²) < 4.78 is 0. The quantitative estimate of drug-likeness (QED) is 0.177. The van der Waals surface area contributed by atoms with Crippen molar-refractivity contribution in [3.05, 3.63) is 202 Å². The molecule has 2 nitrogen and oxygen atoms in total. The summed E-state index contributed by atoms with van der Waals surface area (Å²) in [5.74, 6) is 0.195. The van der Waals surface area contributed by atoms with E-state index in [4.69, 9.17) is 0 Å². The van der Waals surface area contributed by atoms with E-state index >= 15 is 0 Å². The van der Waals surface area contributed by atoms with E-state index in [-0.39, 0.29) is 16.7 Å². The van der Waals surface area contributed by atoms with Crippen molar-refractivity contribution in [3.63, 3.8) is 0 Å². The molecule has 0 saturated carbocycles. The maximum absolute atomic E-state index is 4.67. The van der Waals surface area contributed by atoms with Crippen molar-refractivity contribution >= 4 is 46.3 Å². The molecule has 0 amide bonds. The van der Waals surface area contributed by atoms with Gasteiger partial charge in [0.05, 0.1) is 11.4 Å². The minimum Gasteiger partial charge on any atom is -0.341 e. The molecule has 57 heavy (non-hydrogen) atoms. The summed E-state index contributed by atoms with van der Waals surface area (Å²) in [6, 6.07) is 47.8. The normalized spacial score (nSPS) is 19.2. The molecule has 0 saturated heterocycles. The van der Waals surface area contributed by atoms with Crippen LogP contribution in [-0.2, 0) is 17.3 Å². The lowest BCUT2D eigenvalue weighted by molar-refractivity contribution is 0.629. The molecular weight excluding hydrogens is 709 g/mol. The SMILES string of the molecule is C=C1C=C(/C=C/c2ccc3c(c2)C(C)(C)c2cc(N4CCCc5ccccc54)ccc2-3)C=C2C1c1ccc(N3c4ccccc4Sc4ccccc43)cc1C2(C)C. The third kappa shape index (κ3) is 5.25. The van der Waals surface area contributed by atoms with Crippen LogP contribution in [0.1, 0.15) is 73.4 Å². The Kier molecular flexibility index (Phi) is 7.63. The molecular formula is C54H46N2S. The summed E-state index contributed by atoms with van der Waals surface area (Å²) in [4.78, 5) is 7.53. The van der Waals surface area contributed by atoms with Gasteiger partial charge in [0, 0.05) is 50.1 Å². The van der Waals surface area contributed by atoms with Gasteiger partial charge in [-0.05, 0) is 129 Å². The van der Waals surface area contributed by atoms with Gasteiger partial charge in [0.15, 0.2) is 0 Å². The summed E-state index contributed by atoms with van der Waals surface area (Å²) in [6.07, 6.45) is 11.7. The zero-order chi connectivity index (χ0) is 38.6. The van der Waals surface area contributed by atoms with Gasteiger partial charge in [-0.15, -0.1) is 0 Å².